The van der Waals surface area contributed by atoms with E-state index in [1.54, 1.807) is 6.07 Å². The van der Waals surface area contributed by atoms with Crippen LogP contribution < -0.4 is 10.0 Å². The third-order valence-corrected chi connectivity index (χ3v) is 3.65. The summed E-state index contributed by atoms with van der Waals surface area (Å²) in [6.07, 6.45) is -4.57. The van der Waals surface area contributed by atoms with Crippen molar-refractivity contribution in [2.75, 3.05) is 13.1 Å². The van der Waals surface area contributed by atoms with Crippen molar-refractivity contribution in [1.29, 1.82) is 0 Å². The van der Waals surface area contributed by atoms with Crippen LogP contribution in [0.15, 0.2) is 29.2 Å². The molecule has 0 spiro atoms. The maximum Gasteiger partial charge on any atom is 0.402 e. The Labute approximate surface area is 110 Å². The van der Waals surface area contributed by atoms with Crippen molar-refractivity contribution in [2.45, 2.75) is 24.5 Å². The van der Waals surface area contributed by atoms with Gasteiger partial charge in [0.2, 0.25) is 10.0 Å². The topological polar surface area (TPSA) is 58.2 Å². The summed E-state index contributed by atoms with van der Waals surface area (Å²) in [4.78, 5) is -0.174. The van der Waals surface area contributed by atoms with Gasteiger partial charge >= 0.3 is 6.18 Å². The van der Waals surface area contributed by atoms with Crippen LogP contribution in [0.3, 0.4) is 0 Å². The molecule has 0 bridgehead atoms. The van der Waals surface area contributed by atoms with Gasteiger partial charge in [0.25, 0.3) is 0 Å². The third-order valence-electron chi connectivity index (χ3n) is 2.25. The lowest BCUT2D eigenvalue weighted by Crippen LogP contribution is -2.33. The van der Waals surface area contributed by atoms with Gasteiger partial charge in [-0.1, -0.05) is 19.1 Å². The molecule has 0 fully saturated rings. The van der Waals surface area contributed by atoms with Crippen LogP contribution in [-0.2, 0) is 16.6 Å². The predicted octanol–water partition coefficient (Wildman–Crippen LogP) is 1.64. The molecule has 8 heteroatoms. The number of sulfonamides is 1. The van der Waals surface area contributed by atoms with E-state index >= 15 is 0 Å². The number of alkyl halides is 3. The number of hydrogen-bond donors (Lipinski definition) is 2. The molecule has 1 rings (SSSR count). The molecule has 1 aromatic rings. The smallest absolute Gasteiger partial charge is 0.313 e. The van der Waals surface area contributed by atoms with Crippen molar-refractivity contribution in [3.8, 4) is 0 Å². The maximum absolute atomic E-state index is 12.0. The first-order valence-electron chi connectivity index (χ1n) is 5.60. The Balaban J connectivity index is 2.83. The minimum absolute atomic E-state index is 0.174. The van der Waals surface area contributed by atoms with Crippen LogP contribution in [0.1, 0.15) is 12.5 Å². The lowest BCUT2D eigenvalue weighted by molar-refractivity contribution is -0.121. The number of benzene rings is 1. The fourth-order valence-corrected chi connectivity index (χ4v) is 2.44. The summed E-state index contributed by atoms with van der Waals surface area (Å²) in [7, 11) is -4.14. The summed E-state index contributed by atoms with van der Waals surface area (Å²) in [6.45, 7) is 1.49. The highest BCUT2D eigenvalue weighted by Gasteiger charge is 2.30. The van der Waals surface area contributed by atoms with E-state index in [9.17, 15) is 21.6 Å². The van der Waals surface area contributed by atoms with Crippen molar-refractivity contribution >= 4 is 10.0 Å². The Morgan fingerprint density at radius 3 is 2.53 bits per heavy atom. The Bertz CT molecular complexity index is 515. The molecule has 0 aliphatic carbocycles. The lowest BCUT2D eigenvalue weighted by Gasteiger charge is -2.10. The first-order valence-corrected chi connectivity index (χ1v) is 7.09. The fraction of sp³-hybridized carbons (Fsp3) is 0.455. The van der Waals surface area contributed by atoms with E-state index in [4.69, 9.17) is 0 Å². The van der Waals surface area contributed by atoms with Crippen molar-refractivity contribution < 1.29 is 21.6 Å². The first kappa shape index (κ1) is 15.9. The van der Waals surface area contributed by atoms with Gasteiger partial charge < -0.3 is 5.32 Å². The van der Waals surface area contributed by atoms with Crippen LogP contribution in [0.25, 0.3) is 0 Å². The van der Waals surface area contributed by atoms with Crippen molar-refractivity contribution in [1.82, 2.24) is 10.0 Å². The van der Waals surface area contributed by atoms with Crippen molar-refractivity contribution in [2.24, 2.45) is 0 Å². The van der Waals surface area contributed by atoms with Crippen LogP contribution in [0.4, 0.5) is 13.2 Å². The molecular formula is C11H15F3N2O2S. The molecule has 0 heterocycles. The summed E-state index contributed by atoms with van der Waals surface area (Å²) < 4.78 is 60.9. The van der Waals surface area contributed by atoms with Crippen molar-refractivity contribution in [3.63, 3.8) is 0 Å². The summed E-state index contributed by atoms with van der Waals surface area (Å²) in [6, 6.07) is 5.80. The van der Waals surface area contributed by atoms with Gasteiger partial charge in [-0.25, -0.2) is 13.1 Å². The number of nitrogens with one attached hydrogen (secondary N) is 2. The minimum Gasteiger partial charge on any atom is -0.313 e. The average Bonchev–Trinajstić information content (AvgIpc) is 2.34. The molecule has 0 aromatic heterocycles. The van der Waals surface area contributed by atoms with Crippen LogP contribution >= 0.6 is 0 Å². The maximum atomic E-state index is 12.0. The van der Waals surface area contributed by atoms with Gasteiger partial charge in [0, 0.05) is 6.54 Å². The van der Waals surface area contributed by atoms with Gasteiger partial charge in [0.1, 0.15) is 6.54 Å². The molecule has 2 N–H and O–H groups in total. The number of rotatable bonds is 6. The normalized spacial score (nSPS) is 12.6. The highest BCUT2D eigenvalue weighted by molar-refractivity contribution is 7.89. The second kappa shape index (κ2) is 6.36. The van der Waals surface area contributed by atoms with Gasteiger partial charge in [-0.15, -0.1) is 0 Å². The lowest BCUT2D eigenvalue weighted by atomic mass is 10.2. The van der Waals surface area contributed by atoms with E-state index in [1.807, 2.05) is 6.92 Å². The highest BCUT2D eigenvalue weighted by Crippen LogP contribution is 2.16. The number of halogens is 3. The first-order chi connectivity index (χ1) is 8.74. The average molecular weight is 296 g/mol. The third kappa shape index (κ3) is 5.58. The second-order valence-electron chi connectivity index (χ2n) is 3.87. The van der Waals surface area contributed by atoms with Gasteiger partial charge in [0.05, 0.1) is 4.90 Å². The zero-order valence-electron chi connectivity index (χ0n) is 10.3. The number of hydrogen-bond acceptors (Lipinski definition) is 3. The minimum atomic E-state index is -4.57. The van der Waals surface area contributed by atoms with E-state index in [-0.39, 0.29) is 4.90 Å². The van der Waals surface area contributed by atoms with Crippen LogP contribution in [0.2, 0.25) is 0 Å². The quantitative estimate of drug-likeness (QED) is 0.839. The van der Waals surface area contributed by atoms with E-state index in [1.165, 1.54) is 22.9 Å². The van der Waals surface area contributed by atoms with Gasteiger partial charge in [-0.3, -0.25) is 0 Å². The summed E-state index contributed by atoms with van der Waals surface area (Å²) >= 11 is 0. The van der Waals surface area contributed by atoms with Gasteiger partial charge in [-0.05, 0) is 24.2 Å². The Hall–Kier alpha value is -1.12. The molecule has 19 heavy (non-hydrogen) atoms. The monoisotopic (exact) mass is 296 g/mol. The molecule has 0 radical (unpaired) electrons. The fourth-order valence-electron chi connectivity index (χ4n) is 1.35. The standard InChI is InChI=1S/C11H15F3N2O2S/c1-2-15-7-9-4-3-5-10(6-9)19(17,18)16-8-11(12,13)14/h3-6,15-16H,2,7-8H2,1H3. The molecule has 0 amide bonds. The molecule has 0 atom stereocenters. The molecule has 0 saturated heterocycles. The van der Waals surface area contributed by atoms with E-state index in [0.29, 0.717) is 18.7 Å². The largest absolute Gasteiger partial charge is 0.402 e. The predicted molar refractivity (Wildman–Crippen MR) is 65.1 cm³/mol. The van der Waals surface area contributed by atoms with E-state index in [2.05, 4.69) is 5.32 Å². The van der Waals surface area contributed by atoms with Gasteiger partial charge in [-0.2, -0.15) is 13.2 Å². The molecular weight excluding hydrogens is 281 g/mol. The van der Waals surface area contributed by atoms with E-state index < -0.39 is 22.7 Å². The highest BCUT2D eigenvalue weighted by atomic mass is 32.2. The molecule has 108 valence electrons. The Morgan fingerprint density at radius 1 is 1.26 bits per heavy atom. The molecule has 0 aliphatic heterocycles. The molecule has 0 aliphatic rings. The second-order valence-corrected chi connectivity index (χ2v) is 5.63. The Kier molecular flexibility index (Phi) is 5.33. The summed E-state index contributed by atoms with van der Waals surface area (Å²) in [5.41, 5.74) is 0.691. The molecule has 4 nitrogen and oxygen atoms in total. The summed E-state index contributed by atoms with van der Waals surface area (Å²) in [5, 5.41) is 3.00. The van der Waals surface area contributed by atoms with Gasteiger partial charge in [0.15, 0.2) is 0 Å². The van der Waals surface area contributed by atoms with Crippen LogP contribution in [0, 0.1) is 0 Å². The van der Waals surface area contributed by atoms with Crippen LogP contribution in [-0.4, -0.2) is 27.7 Å². The Morgan fingerprint density at radius 2 is 1.95 bits per heavy atom. The van der Waals surface area contributed by atoms with Crippen LogP contribution in [0.5, 0.6) is 0 Å². The van der Waals surface area contributed by atoms with E-state index in [0.717, 1.165) is 0 Å². The SMILES string of the molecule is CCNCc1cccc(S(=O)(=O)NCC(F)(F)F)c1. The summed E-state index contributed by atoms with van der Waals surface area (Å²) in [5.74, 6) is 0. The zero-order valence-corrected chi connectivity index (χ0v) is 11.1. The molecule has 0 saturated carbocycles. The molecule has 1 aromatic carbocycles. The zero-order chi connectivity index (χ0) is 14.5. The molecule has 0 unspecified atom stereocenters. The van der Waals surface area contributed by atoms with Crippen molar-refractivity contribution in [3.05, 3.63) is 29.8 Å².